The average Bonchev–Trinajstić information content (AvgIpc) is 2.79. The molecule has 0 spiro atoms. The first-order chi connectivity index (χ1) is 16.4. The number of thioether (sulfide) groups is 1. The highest BCUT2D eigenvalue weighted by atomic mass is 32.2. The number of aliphatic carboxylic acids is 2. The maximum atomic E-state index is 11.1. The molecule has 0 aliphatic heterocycles. The predicted molar refractivity (Wildman–Crippen MR) is 135 cm³/mol. The van der Waals surface area contributed by atoms with E-state index in [1.165, 1.54) is 0 Å². The number of carboxylic acid groups (broad SMARTS) is 2. The molecule has 4 N–H and O–H groups in total. The second-order valence-electron chi connectivity index (χ2n) is 8.09. The summed E-state index contributed by atoms with van der Waals surface area (Å²) in [6.07, 6.45) is 7.74. The van der Waals surface area contributed by atoms with Crippen LogP contribution in [0.2, 0.25) is 0 Å². The van der Waals surface area contributed by atoms with Gasteiger partial charge in [0, 0.05) is 29.5 Å². The zero-order valence-corrected chi connectivity index (χ0v) is 20.6. The van der Waals surface area contributed by atoms with E-state index in [0.29, 0.717) is 37.5 Å². The van der Waals surface area contributed by atoms with Crippen molar-refractivity contribution < 1.29 is 29.3 Å². The van der Waals surface area contributed by atoms with E-state index < -0.39 is 11.9 Å². The van der Waals surface area contributed by atoms with Crippen molar-refractivity contribution in [1.82, 2.24) is 0 Å². The summed E-state index contributed by atoms with van der Waals surface area (Å²) in [4.78, 5) is 22.9. The number of benzene rings is 2. The average molecular weight is 490 g/mol. The van der Waals surface area contributed by atoms with Crippen LogP contribution in [-0.2, 0) is 22.4 Å². The number of hydrogen-bond acceptors (Lipinski definition) is 6. The number of aryl methyl sites for hydroxylation is 1. The van der Waals surface area contributed by atoms with E-state index in [1.54, 1.807) is 11.8 Å². The maximum Gasteiger partial charge on any atom is 0.303 e. The summed E-state index contributed by atoms with van der Waals surface area (Å²) in [7, 11) is 0. The van der Waals surface area contributed by atoms with Gasteiger partial charge in [-0.25, -0.2) is 0 Å². The Kier molecular flexibility index (Phi) is 12.2. The number of nitrogen functional groups attached to an aromatic ring is 1. The van der Waals surface area contributed by atoms with Crippen LogP contribution in [0, 0.1) is 0 Å². The molecule has 0 unspecified atom stereocenters. The number of unbranched alkanes of at least 4 members (excludes halogenated alkanes) is 3. The van der Waals surface area contributed by atoms with Crippen LogP contribution in [0.3, 0.4) is 0 Å². The second kappa shape index (κ2) is 15.1. The van der Waals surface area contributed by atoms with Crippen molar-refractivity contribution in [2.45, 2.75) is 62.7 Å². The molecule has 34 heavy (non-hydrogen) atoms. The number of carboxylic acids is 2. The van der Waals surface area contributed by atoms with Crippen molar-refractivity contribution in [3.05, 3.63) is 47.5 Å². The number of ether oxygens (including phenoxy) is 2. The zero-order valence-electron chi connectivity index (χ0n) is 19.8. The lowest BCUT2D eigenvalue weighted by Crippen LogP contribution is -2.07. The molecule has 0 aliphatic rings. The molecule has 2 aromatic carbocycles. The van der Waals surface area contributed by atoms with Crippen LogP contribution in [-0.4, -0.2) is 41.6 Å². The molecule has 8 heteroatoms. The van der Waals surface area contributed by atoms with Crippen LogP contribution in [0.4, 0.5) is 5.69 Å². The Morgan fingerprint density at radius 1 is 0.882 bits per heavy atom. The predicted octanol–water partition coefficient (Wildman–Crippen LogP) is 5.43. The summed E-state index contributed by atoms with van der Waals surface area (Å²) in [5, 5.41) is 17.9. The Balaban J connectivity index is 1.80. The van der Waals surface area contributed by atoms with Crippen molar-refractivity contribution in [2.24, 2.45) is 0 Å². The van der Waals surface area contributed by atoms with Crippen LogP contribution in [0.15, 0.2) is 41.3 Å². The lowest BCUT2D eigenvalue weighted by Gasteiger charge is -2.15. The Morgan fingerprint density at radius 3 is 2.35 bits per heavy atom. The molecule has 186 valence electrons. The first-order valence-corrected chi connectivity index (χ1v) is 12.9. The van der Waals surface area contributed by atoms with Gasteiger partial charge in [0.1, 0.15) is 11.5 Å². The van der Waals surface area contributed by atoms with Gasteiger partial charge < -0.3 is 25.4 Å². The fourth-order valence-corrected chi connectivity index (χ4v) is 4.15. The Labute approximate surface area is 205 Å². The van der Waals surface area contributed by atoms with Gasteiger partial charge >= 0.3 is 11.9 Å². The van der Waals surface area contributed by atoms with Gasteiger partial charge in [0.05, 0.1) is 13.2 Å². The topological polar surface area (TPSA) is 119 Å². The first kappa shape index (κ1) is 27.4. The van der Waals surface area contributed by atoms with Crippen LogP contribution in [0.1, 0.15) is 56.1 Å². The molecule has 0 atom stereocenters. The molecular weight excluding hydrogens is 454 g/mol. The highest BCUT2D eigenvalue weighted by Crippen LogP contribution is 2.27. The fourth-order valence-electron chi connectivity index (χ4n) is 3.66. The molecule has 0 saturated carbocycles. The van der Waals surface area contributed by atoms with Gasteiger partial charge in [0.25, 0.3) is 0 Å². The fraction of sp³-hybridized carbons (Fsp3) is 0.462. The monoisotopic (exact) mass is 489 g/mol. The van der Waals surface area contributed by atoms with E-state index in [4.69, 9.17) is 25.4 Å². The first-order valence-electron chi connectivity index (χ1n) is 11.6. The summed E-state index contributed by atoms with van der Waals surface area (Å²) < 4.78 is 11.6. The lowest BCUT2D eigenvalue weighted by molar-refractivity contribution is -0.138. The molecular formula is C26H35NO6S. The number of hydrogen-bond donors (Lipinski definition) is 3. The van der Waals surface area contributed by atoms with Gasteiger partial charge in [-0.2, -0.15) is 0 Å². The minimum atomic E-state index is -0.855. The molecule has 2 rings (SSSR count). The van der Waals surface area contributed by atoms with Crippen molar-refractivity contribution in [3.8, 4) is 11.5 Å². The molecule has 0 fully saturated rings. The Hall–Kier alpha value is -2.87. The minimum Gasteiger partial charge on any atom is -0.493 e. The van der Waals surface area contributed by atoms with Gasteiger partial charge in [-0.15, -0.1) is 11.8 Å². The van der Waals surface area contributed by atoms with E-state index in [1.807, 2.05) is 42.7 Å². The third-order valence-corrected chi connectivity index (χ3v) is 6.07. The van der Waals surface area contributed by atoms with E-state index in [-0.39, 0.29) is 12.8 Å². The van der Waals surface area contributed by atoms with E-state index in [2.05, 4.69) is 0 Å². The summed E-state index contributed by atoms with van der Waals surface area (Å²) >= 11 is 1.63. The lowest BCUT2D eigenvalue weighted by atomic mass is 9.97. The molecule has 0 aromatic heterocycles. The zero-order chi connectivity index (χ0) is 24.8. The largest absolute Gasteiger partial charge is 0.493 e. The smallest absolute Gasteiger partial charge is 0.303 e. The van der Waals surface area contributed by atoms with Gasteiger partial charge in [0.2, 0.25) is 0 Å². The highest BCUT2D eigenvalue weighted by molar-refractivity contribution is 7.98. The van der Waals surface area contributed by atoms with Crippen molar-refractivity contribution in [1.29, 1.82) is 0 Å². The van der Waals surface area contributed by atoms with Crippen LogP contribution >= 0.6 is 11.8 Å². The maximum absolute atomic E-state index is 11.1. The molecule has 0 radical (unpaired) electrons. The molecule has 0 bridgehead atoms. The molecule has 7 nitrogen and oxygen atoms in total. The van der Waals surface area contributed by atoms with Gasteiger partial charge in [-0.3, -0.25) is 9.59 Å². The Morgan fingerprint density at radius 2 is 1.62 bits per heavy atom. The molecule has 0 aliphatic carbocycles. The van der Waals surface area contributed by atoms with Crippen molar-refractivity contribution >= 4 is 29.4 Å². The third kappa shape index (κ3) is 10.4. The van der Waals surface area contributed by atoms with Gasteiger partial charge in [-0.05, 0) is 67.7 Å². The summed E-state index contributed by atoms with van der Waals surface area (Å²) in [5.74, 6) is -0.250. The number of rotatable bonds is 17. The highest BCUT2D eigenvalue weighted by Gasteiger charge is 2.12. The molecule has 2 aromatic rings. The second-order valence-corrected chi connectivity index (χ2v) is 8.97. The van der Waals surface area contributed by atoms with E-state index >= 15 is 0 Å². The van der Waals surface area contributed by atoms with Crippen LogP contribution in [0.25, 0.3) is 0 Å². The quantitative estimate of drug-likeness (QED) is 0.153. The van der Waals surface area contributed by atoms with Crippen molar-refractivity contribution in [2.75, 3.05) is 25.2 Å². The van der Waals surface area contributed by atoms with Gasteiger partial charge in [-0.1, -0.05) is 25.0 Å². The molecule has 0 saturated heterocycles. The minimum absolute atomic E-state index is 0.0299. The Bertz CT molecular complexity index is 934. The molecule has 0 heterocycles. The van der Waals surface area contributed by atoms with Gasteiger partial charge in [0.15, 0.2) is 0 Å². The standard InChI is InChI=1S/C26H35NO6S/c1-34-22-17-20(27)16-21(18-22)32-14-5-3-2-4-8-19-9-6-10-24(23(19)12-13-26(30)31)33-15-7-11-25(28)29/h6,9-10,16-18H,2-5,7-8,11-15,27H2,1H3,(H,28,29)(H,30,31). The molecule has 0 amide bonds. The SMILES string of the molecule is CSc1cc(N)cc(OCCCCCCc2cccc(OCCCC(=O)O)c2CCC(=O)O)c1. The summed E-state index contributed by atoms with van der Waals surface area (Å²) in [6.45, 7) is 0.933. The summed E-state index contributed by atoms with van der Waals surface area (Å²) in [6, 6.07) is 11.5. The van der Waals surface area contributed by atoms with E-state index in [9.17, 15) is 9.59 Å². The van der Waals surface area contributed by atoms with E-state index in [0.717, 1.165) is 53.9 Å². The number of nitrogens with two attached hydrogens (primary N) is 1. The number of carbonyl (C=O) groups is 2. The normalized spacial score (nSPS) is 10.7. The third-order valence-electron chi connectivity index (χ3n) is 5.36. The van der Waals surface area contributed by atoms with Crippen molar-refractivity contribution in [3.63, 3.8) is 0 Å². The summed E-state index contributed by atoms with van der Waals surface area (Å²) in [5.41, 5.74) is 8.62. The van der Waals surface area contributed by atoms with Crippen LogP contribution in [0.5, 0.6) is 11.5 Å². The number of anilines is 1. The van der Waals surface area contributed by atoms with Crippen LogP contribution < -0.4 is 15.2 Å².